The monoisotopic (exact) mass is 233 g/mol. The van der Waals surface area contributed by atoms with Crippen molar-refractivity contribution in [2.45, 2.75) is 45.3 Å². The Morgan fingerprint density at radius 2 is 2.33 bits per heavy atom. The van der Waals surface area contributed by atoms with Crippen LogP contribution in [-0.2, 0) is 9.53 Å². The highest BCUT2D eigenvalue weighted by atomic mass is 35.5. The fourth-order valence-corrected chi connectivity index (χ4v) is 1.87. The molecule has 0 saturated carbocycles. The number of carbonyl (C=O) groups is 1. The summed E-state index contributed by atoms with van der Waals surface area (Å²) in [4.78, 5) is 11.9. The van der Waals surface area contributed by atoms with Crippen LogP contribution in [0.4, 0.5) is 0 Å². The van der Waals surface area contributed by atoms with E-state index in [1.165, 1.54) is 0 Å². The van der Waals surface area contributed by atoms with E-state index < -0.39 is 0 Å². The van der Waals surface area contributed by atoms with Gasteiger partial charge in [0, 0.05) is 5.88 Å². The molecule has 1 fully saturated rings. The third kappa shape index (κ3) is 3.35. The van der Waals surface area contributed by atoms with Gasteiger partial charge in [-0.15, -0.1) is 11.6 Å². The second-order valence-corrected chi connectivity index (χ2v) is 4.88. The Morgan fingerprint density at radius 3 is 2.73 bits per heavy atom. The lowest BCUT2D eigenvalue weighted by atomic mass is 9.98. The van der Waals surface area contributed by atoms with Gasteiger partial charge in [0.25, 0.3) is 0 Å². The van der Waals surface area contributed by atoms with E-state index in [9.17, 15) is 4.79 Å². The van der Waals surface area contributed by atoms with Gasteiger partial charge in [-0.3, -0.25) is 4.79 Å². The summed E-state index contributed by atoms with van der Waals surface area (Å²) in [5, 5.41) is 3.00. The minimum absolute atomic E-state index is 0.00547. The summed E-state index contributed by atoms with van der Waals surface area (Å²) in [6, 6.07) is 0. The van der Waals surface area contributed by atoms with Crippen molar-refractivity contribution in [1.29, 1.82) is 0 Å². The maximum atomic E-state index is 11.9. The normalized spacial score (nSPS) is 29.9. The molecule has 0 spiro atoms. The highest BCUT2D eigenvalue weighted by molar-refractivity contribution is 6.18. The molecule has 0 radical (unpaired) electrons. The molecule has 3 atom stereocenters. The summed E-state index contributed by atoms with van der Waals surface area (Å²) in [6.07, 6.45) is 1.85. The molecule has 1 heterocycles. The van der Waals surface area contributed by atoms with E-state index in [2.05, 4.69) is 5.32 Å². The summed E-state index contributed by atoms with van der Waals surface area (Å²) < 4.78 is 5.37. The van der Waals surface area contributed by atoms with Crippen LogP contribution >= 0.6 is 11.6 Å². The van der Waals surface area contributed by atoms with Gasteiger partial charge in [0.1, 0.15) is 0 Å². The first-order chi connectivity index (χ1) is 7.00. The first kappa shape index (κ1) is 12.8. The number of halogens is 1. The second kappa shape index (κ2) is 5.17. The Labute approximate surface area is 96.5 Å². The van der Waals surface area contributed by atoms with Crippen molar-refractivity contribution in [3.8, 4) is 0 Å². The maximum absolute atomic E-state index is 11.9. The molecule has 0 aromatic carbocycles. The fourth-order valence-electron chi connectivity index (χ4n) is 1.62. The van der Waals surface area contributed by atoms with Gasteiger partial charge < -0.3 is 10.1 Å². The first-order valence-electron chi connectivity index (χ1n) is 5.50. The van der Waals surface area contributed by atoms with E-state index in [1.54, 1.807) is 0 Å². The fraction of sp³-hybridized carbons (Fsp3) is 0.909. The van der Waals surface area contributed by atoms with Gasteiger partial charge in [-0.25, -0.2) is 0 Å². The molecular weight excluding hydrogens is 214 g/mol. The largest absolute Gasteiger partial charge is 0.378 e. The van der Waals surface area contributed by atoms with Crippen molar-refractivity contribution in [3.05, 3.63) is 0 Å². The van der Waals surface area contributed by atoms with E-state index in [0.717, 1.165) is 12.8 Å². The van der Waals surface area contributed by atoms with Gasteiger partial charge in [0.05, 0.1) is 24.2 Å². The molecule has 0 bridgehead atoms. The highest BCUT2D eigenvalue weighted by Crippen LogP contribution is 2.21. The van der Waals surface area contributed by atoms with E-state index in [4.69, 9.17) is 16.3 Å². The van der Waals surface area contributed by atoms with E-state index in [0.29, 0.717) is 12.5 Å². The molecule has 3 unspecified atom stereocenters. The van der Waals surface area contributed by atoms with Crippen LogP contribution in [0.5, 0.6) is 0 Å². The molecule has 0 aromatic rings. The topological polar surface area (TPSA) is 38.3 Å². The standard InChI is InChI=1S/C11H20ClNO2/c1-4-11(3,7-12)13-10(14)9-5-8(2)15-6-9/h8-9H,4-7H2,1-3H3,(H,13,14). The molecule has 1 rings (SSSR count). The minimum atomic E-state index is -0.287. The second-order valence-electron chi connectivity index (χ2n) is 4.61. The van der Waals surface area contributed by atoms with Crippen molar-refractivity contribution in [2.24, 2.45) is 5.92 Å². The Balaban J connectivity index is 2.48. The summed E-state index contributed by atoms with van der Waals surface area (Å²) >= 11 is 5.84. The lowest BCUT2D eigenvalue weighted by Crippen LogP contribution is -2.49. The summed E-state index contributed by atoms with van der Waals surface area (Å²) in [5.41, 5.74) is -0.287. The van der Waals surface area contributed by atoms with Crippen LogP contribution in [0.2, 0.25) is 0 Å². The van der Waals surface area contributed by atoms with Crippen LogP contribution < -0.4 is 5.32 Å². The quantitative estimate of drug-likeness (QED) is 0.754. The lowest BCUT2D eigenvalue weighted by molar-refractivity contribution is -0.126. The third-order valence-corrected chi connectivity index (χ3v) is 3.66. The molecule has 0 aromatic heterocycles. The first-order valence-corrected chi connectivity index (χ1v) is 6.04. The summed E-state index contributed by atoms with van der Waals surface area (Å²) in [6.45, 7) is 6.52. The highest BCUT2D eigenvalue weighted by Gasteiger charge is 2.32. The average molecular weight is 234 g/mol. The summed E-state index contributed by atoms with van der Waals surface area (Å²) in [7, 11) is 0. The molecule has 1 aliphatic heterocycles. The van der Waals surface area contributed by atoms with Crippen molar-refractivity contribution in [2.75, 3.05) is 12.5 Å². The predicted octanol–water partition coefficient (Wildman–Crippen LogP) is 1.94. The maximum Gasteiger partial charge on any atom is 0.225 e. The van der Waals surface area contributed by atoms with Crippen LogP contribution in [0.3, 0.4) is 0 Å². The molecule has 0 aliphatic carbocycles. The number of rotatable bonds is 4. The molecule has 1 aliphatic rings. The molecular formula is C11H20ClNO2. The van der Waals surface area contributed by atoms with Crippen LogP contribution in [0.25, 0.3) is 0 Å². The number of ether oxygens (including phenoxy) is 1. The minimum Gasteiger partial charge on any atom is -0.378 e. The number of hydrogen-bond donors (Lipinski definition) is 1. The van der Waals surface area contributed by atoms with E-state index >= 15 is 0 Å². The number of hydrogen-bond acceptors (Lipinski definition) is 2. The van der Waals surface area contributed by atoms with Crippen molar-refractivity contribution in [1.82, 2.24) is 5.32 Å². The van der Waals surface area contributed by atoms with Gasteiger partial charge in [-0.2, -0.15) is 0 Å². The van der Waals surface area contributed by atoms with E-state index in [1.807, 2.05) is 20.8 Å². The average Bonchev–Trinajstić information content (AvgIpc) is 2.65. The lowest BCUT2D eigenvalue weighted by Gasteiger charge is -2.28. The molecule has 15 heavy (non-hydrogen) atoms. The molecule has 1 saturated heterocycles. The van der Waals surface area contributed by atoms with Crippen molar-refractivity contribution < 1.29 is 9.53 Å². The number of carbonyl (C=O) groups excluding carboxylic acids is 1. The molecule has 1 N–H and O–H groups in total. The Bertz CT molecular complexity index is 229. The van der Waals surface area contributed by atoms with Crippen LogP contribution in [0, 0.1) is 5.92 Å². The number of alkyl halides is 1. The third-order valence-electron chi connectivity index (χ3n) is 3.07. The van der Waals surface area contributed by atoms with Crippen molar-refractivity contribution >= 4 is 17.5 Å². The summed E-state index contributed by atoms with van der Waals surface area (Å²) in [5.74, 6) is 0.511. The van der Waals surface area contributed by atoms with Crippen molar-refractivity contribution in [3.63, 3.8) is 0 Å². The smallest absolute Gasteiger partial charge is 0.225 e. The number of amides is 1. The number of nitrogens with one attached hydrogen (secondary N) is 1. The Morgan fingerprint density at radius 1 is 1.67 bits per heavy atom. The van der Waals surface area contributed by atoms with Crippen LogP contribution in [0.15, 0.2) is 0 Å². The zero-order chi connectivity index (χ0) is 11.5. The zero-order valence-electron chi connectivity index (χ0n) is 9.68. The van der Waals surface area contributed by atoms with Crippen LogP contribution in [0.1, 0.15) is 33.6 Å². The molecule has 1 amide bonds. The predicted molar refractivity (Wildman–Crippen MR) is 61.1 cm³/mol. The molecule has 88 valence electrons. The van der Waals surface area contributed by atoms with E-state index in [-0.39, 0.29) is 23.5 Å². The van der Waals surface area contributed by atoms with Gasteiger partial charge in [-0.1, -0.05) is 6.92 Å². The molecule has 4 heteroatoms. The van der Waals surface area contributed by atoms with Gasteiger partial charge in [0.2, 0.25) is 5.91 Å². The van der Waals surface area contributed by atoms with Crippen LogP contribution in [-0.4, -0.2) is 30.0 Å². The zero-order valence-corrected chi connectivity index (χ0v) is 10.4. The molecule has 3 nitrogen and oxygen atoms in total. The SMILES string of the molecule is CCC(C)(CCl)NC(=O)C1COC(C)C1. The Kier molecular flexibility index (Phi) is 4.41. The Hall–Kier alpha value is -0.280. The van der Waals surface area contributed by atoms with Gasteiger partial charge in [-0.05, 0) is 26.7 Å². The van der Waals surface area contributed by atoms with Gasteiger partial charge >= 0.3 is 0 Å². The van der Waals surface area contributed by atoms with Gasteiger partial charge in [0.15, 0.2) is 0 Å².